The second kappa shape index (κ2) is 19.0. The fraction of sp³-hybridized carbons (Fsp3) is 0.741. The summed E-state index contributed by atoms with van der Waals surface area (Å²) in [5, 5.41) is 13.8. The molecule has 3 unspecified atom stereocenters. The number of ether oxygens (including phenoxy) is 2. The number of nitrogens with two attached hydrogens (primary N) is 1. The van der Waals surface area contributed by atoms with E-state index in [1.54, 1.807) is 13.2 Å². The van der Waals surface area contributed by atoms with Crippen LogP contribution in [0.15, 0.2) is 24.3 Å². The van der Waals surface area contributed by atoms with Gasteiger partial charge in [-0.3, -0.25) is 9.69 Å². The van der Waals surface area contributed by atoms with Gasteiger partial charge in [-0.2, -0.15) is 0 Å². The van der Waals surface area contributed by atoms with Gasteiger partial charge in [-0.1, -0.05) is 32.4 Å². The molecule has 0 spiro atoms. The zero-order chi connectivity index (χ0) is 24.9. The van der Waals surface area contributed by atoms with E-state index in [2.05, 4.69) is 31.0 Å². The fourth-order valence-electron chi connectivity index (χ4n) is 4.53. The van der Waals surface area contributed by atoms with Crippen LogP contribution < -0.4 is 15.8 Å². The summed E-state index contributed by atoms with van der Waals surface area (Å²) in [6.07, 6.45) is 5.52. The number of methoxy groups -OCH3 is 1. The summed E-state index contributed by atoms with van der Waals surface area (Å²) in [7, 11) is 1.69. The molecular formula is C27H49Cl2N3O4. The zero-order valence-corrected chi connectivity index (χ0v) is 24.1. The first-order valence-corrected chi connectivity index (χ1v) is 13.0. The Balaban J connectivity index is 0.00000612. The summed E-state index contributed by atoms with van der Waals surface area (Å²) < 4.78 is 10.9. The minimum absolute atomic E-state index is 0. The lowest BCUT2D eigenvalue weighted by molar-refractivity contribution is 0.0514. The van der Waals surface area contributed by atoms with Crippen LogP contribution in [0.1, 0.15) is 69.7 Å². The zero-order valence-electron chi connectivity index (χ0n) is 22.5. The van der Waals surface area contributed by atoms with E-state index in [4.69, 9.17) is 15.2 Å². The van der Waals surface area contributed by atoms with Crippen molar-refractivity contribution < 1.29 is 19.4 Å². The number of β-amino-alcohol motifs (C(OH)–C–C–N with tert-alkyl or cyclic N) is 1. The lowest BCUT2D eigenvalue weighted by atomic mass is 9.87. The number of carbonyl (C=O) groups is 1. The summed E-state index contributed by atoms with van der Waals surface area (Å²) in [6.45, 7) is 9.92. The van der Waals surface area contributed by atoms with Crippen LogP contribution in [0.4, 0.5) is 0 Å². The van der Waals surface area contributed by atoms with Crippen LogP contribution in [0.5, 0.6) is 5.75 Å². The van der Waals surface area contributed by atoms with Gasteiger partial charge in [-0.25, -0.2) is 0 Å². The molecule has 4 N–H and O–H groups in total. The van der Waals surface area contributed by atoms with E-state index in [-0.39, 0.29) is 42.7 Å². The molecule has 1 fully saturated rings. The molecule has 210 valence electrons. The van der Waals surface area contributed by atoms with Gasteiger partial charge in [0.15, 0.2) is 0 Å². The van der Waals surface area contributed by atoms with Crippen molar-refractivity contribution in [2.45, 2.75) is 77.5 Å². The fourth-order valence-corrected chi connectivity index (χ4v) is 4.53. The highest BCUT2D eigenvalue weighted by atomic mass is 35.5. The van der Waals surface area contributed by atoms with Crippen molar-refractivity contribution in [2.24, 2.45) is 17.6 Å². The summed E-state index contributed by atoms with van der Waals surface area (Å²) in [6, 6.07) is 7.53. The molecule has 1 amide bonds. The first kappa shape index (κ1) is 34.9. The third-order valence-corrected chi connectivity index (χ3v) is 7.03. The monoisotopic (exact) mass is 549 g/mol. The van der Waals surface area contributed by atoms with E-state index < -0.39 is 6.10 Å². The number of hydrogen-bond donors (Lipinski definition) is 3. The molecule has 0 radical (unpaired) electrons. The number of rotatable bonds is 15. The van der Waals surface area contributed by atoms with Gasteiger partial charge in [0.2, 0.25) is 0 Å². The van der Waals surface area contributed by atoms with Gasteiger partial charge in [0.25, 0.3) is 5.91 Å². The van der Waals surface area contributed by atoms with Crippen LogP contribution in [0.25, 0.3) is 0 Å². The number of para-hydroxylation sites is 1. The number of piperidine rings is 1. The van der Waals surface area contributed by atoms with Crippen LogP contribution in [-0.4, -0.2) is 74.1 Å². The lowest BCUT2D eigenvalue weighted by Crippen LogP contribution is -2.49. The van der Waals surface area contributed by atoms with Crippen molar-refractivity contribution in [1.29, 1.82) is 0 Å². The number of nitrogens with zero attached hydrogens (tertiary/aromatic N) is 1. The topological polar surface area (TPSA) is 97.0 Å². The van der Waals surface area contributed by atoms with E-state index in [0.29, 0.717) is 56.0 Å². The number of aliphatic hydroxyl groups is 1. The van der Waals surface area contributed by atoms with Gasteiger partial charge in [-0.05, 0) is 69.5 Å². The van der Waals surface area contributed by atoms with Gasteiger partial charge in [0, 0.05) is 38.9 Å². The maximum Gasteiger partial charge on any atom is 0.255 e. The van der Waals surface area contributed by atoms with Crippen LogP contribution in [0.2, 0.25) is 0 Å². The number of amides is 1. The molecule has 4 atom stereocenters. The third kappa shape index (κ3) is 12.0. The summed E-state index contributed by atoms with van der Waals surface area (Å²) in [5.41, 5.74) is 6.97. The molecule has 1 saturated heterocycles. The quantitative estimate of drug-likeness (QED) is 0.282. The molecule has 2 rings (SSSR count). The number of halogens is 2. The van der Waals surface area contributed by atoms with Crippen LogP contribution in [0, 0.1) is 11.8 Å². The Labute approximate surface area is 230 Å². The number of carbonyl (C=O) groups excluding carboxylic acids is 1. The van der Waals surface area contributed by atoms with Gasteiger partial charge in [0.1, 0.15) is 5.75 Å². The Hall–Kier alpha value is -1.09. The van der Waals surface area contributed by atoms with Gasteiger partial charge in [0.05, 0.1) is 18.3 Å². The average molecular weight is 551 g/mol. The van der Waals surface area contributed by atoms with Crippen molar-refractivity contribution in [2.75, 3.05) is 40.0 Å². The molecule has 0 bridgehead atoms. The maximum atomic E-state index is 12.9. The second-order valence-electron chi connectivity index (χ2n) is 10.1. The molecule has 0 aromatic heterocycles. The largest absolute Gasteiger partial charge is 0.493 e. The summed E-state index contributed by atoms with van der Waals surface area (Å²) in [4.78, 5) is 15.3. The molecule has 1 heterocycles. The minimum Gasteiger partial charge on any atom is -0.493 e. The van der Waals surface area contributed by atoms with Crippen molar-refractivity contribution in [3.63, 3.8) is 0 Å². The van der Waals surface area contributed by atoms with Crippen LogP contribution in [-0.2, 0) is 4.74 Å². The number of aliphatic hydroxyl groups excluding tert-OH is 1. The van der Waals surface area contributed by atoms with Gasteiger partial charge in [-0.15, -0.1) is 24.8 Å². The Morgan fingerprint density at radius 2 is 1.89 bits per heavy atom. The molecule has 1 aromatic carbocycles. The smallest absolute Gasteiger partial charge is 0.255 e. The molecule has 7 nitrogen and oxygen atoms in total. The van der Waals surface area contributed by atoms with Crippen LogP contribution in [0.3, 0.4) is 0 Å². The molecule has 1 aromatic rings. The molecule has 36 heavy (non-hydrogen) atoms. The van der Waals surface area contributed by atoms with Crippen molar-refractivity contribution >= 4 is 30.7 Å². The normalized spacial score (nSPS) is 18.5. The van der Waals surface area contributed by atoms with E-state index in [1.165, 1.54) is 19.3 Å². The number of unbranched alkanes of at least 4 members (excludes halogenated alkanes) is 1. The first-order chi connectivity index (χ1) is 16.3. The third-order valence-electron chi connectivity index (χ3n) is 7.03. The van der Waals surface area contributed by atoms with Gasteiger partial charge < -0.3 is 25.6 Å². The summed E-state index contributed by atoms with van der Waals surface area (Å²) >= 11 is 0. The first-order valence-electron chi connectivity index (χ1n) is 13.0. The number of benzene rings is 1. The Morgan fingerprint density at radius 3 is 2.56 bits per heavy atom. The Morgan fingerprint density at radius 1 is 1.19 bits per heavy atom. The van der Waals surface area contributed by atoms with Gasteiger partial charge >= 0.3 is 0 Å². The standard InChI is InChI=1S/C27H47N3O4.2ClH/c1-20(2)22(17-24(28)25(31)19-30-14-8-7-11-21(30)3)18-29-27(32)23-12-5-6-13-26(23)34-16-10-9-15-33-4;;/h5-6,12-13,20-22,24-25,31H,7-11,14-19,28H2,1-4H3,(H,29,32);2*1H/t21-,22?,24?,25?;;/m0../s1. The molecule has 9 heteroatoms. The predicted octanol–water partition coefficient (Wildman–Crippen LogP) is 4.29. The Kier molecular flexibility index (Phi) is 18.5. The van der Waals surface area contributed by atoms with Crippen molar-refractivity contribution in [1.82, 2.24) is 10.2 Å². The van der Waals surface area contributed by atoms with E-state index in [9.17, 15) is 9.90 Å². The van der Waals surface area contributed by atoms with Crippen molar-refractivity contribution in [3.05, 3.63) is 29.8 Å². The second-order valence-corrected chi connectivity index (χ2v) is 10.1. The van der Waals surface area contributed by atoms with Crippen LogP contribution >= 0.6 is 24.8 Å². The highest BCUT2D eigenvalue weighted by molar-refractivity contribution is 5.96. The summed E-state index contributed by atoms with van der Waals surface area (Å²) in [5.74, 6) is 0.963. The number of nitrogens with one attached hydrogen (secondary N) is 1. The molecule has 1 aliphatic heterocycles. The number of hydrogen-bond acceptors (Lipinski definition) is 6. The highest BCUT2D eigenvalue weighted by Crippen LogP contribution is 2.22. The highest BCUT2D eigenvalue weighted by Gasteiger charge is 2.27. The molecule has 1 aliphatic rings. The van der Waals surface area contributed by atoms with E-state index >= 15 is 0 Å². The average Bonchev–Trinajstić information content (AvgIpc) is 2.82. The molecular weight excluding hydrogens is 501 g/mol. The molecule has 0 aliphatic carbocycles. The van der Waals surface area contributed by atoms with E-state index in [1.807, 2.05) is 18.2 Å². The van der Waals surface area contributed by atoms with Crippen molar-refractivity contribution in [3.8, 4) is 5.75 Å². The van der Waals surface area contributed by atoms with E-state index in [0.717, 1.165) is 19.4 Å². The predicted molar refractivity (Wildman–Crippen MR) is 152 cm³/mol. The molecule has 0 saturated carbocycles. The lowest BCUT2D eigenvalue weighted by Gasteiger charge is -2.36. The Bertz CT molecular complexity index is 726. The SMILES string of the molecule is COCCCCOc1ccccc1C(=O)NCC(CC(N)C(O)CN1CCCC[C@@H]1C)C(C)C.Cl.Cl. The number of likely N-dealkylation sites (tertiary alicyclic amines) is 1. The minimum atomic E-state index is -0.565. The maximum absolute atomic E-state index is 12.9.